The van der Waals surface area contributed by atoms with Gasteiger partial charge >= 0.3 is 0 Å². The van der Waals surface area contributed by atoms with Gasteiger partial charge in [0.25, 0.3) is 0 Å². The molecule has 0 saturated carbocycles. The number of methoxy groups -OCH3 is 2. The number of hydrogen-bond acceptors (Lipinski definition) is 4. The van der Waals surface area contributed by atoms with E-state index in [2.05, 4.69) is 6.92 Å². The predicted octanol–water partition coefficient (Wildman–Crippen LogP) is 2.13. The summed E-state index contributed by atoms with van der Waals surface area (Å²) in [4.78, 5) is 0. The van der Waals surface area contributed by atoms with Crippen LogP contribution in [0.5, 0.6) is 11.5 Å². The van der Waals surface area contributed by atoms with E-state index in [-0.39, 0.29) is 6.04 Å². The Labute approximate surface area is 108 Å². The summed E-state index contributed by atoms with van der Waals surface area (Å²) in [5.74, 6) is 1.91. The summed E-state index contributed by atoms with van der Waals surface area (Å²) in [5, 5.41) is 0. The molecule has 0 aromatic heterocycles. The summed E-state index contributed by atoms with van der Waals surface area (Å²) < 4.78 is 16.2. The van der Waals surface area contributed by atoms with Crippen LogP contribution in [0.1, 0.15) is 24.9 Å². The average Bonchev–Trinajstić information content (AvgIpc) is 2.83. The molecule has 1 aromatic carbocycles. The second-order valence-corrected chi connectivity index (χ2v) is 4.77. The fourth-order valence-corrected chi connectivity index (χ4v) is 2.45. The lowest BCUT2D eigenvalue weighted by Crippen LogP contribution is -2.22. The smallest absolute Gasteiger partial charge is 0.127 e. The highest BCUT2D eigenvalue weighted by Gasteiger charge is 2.29. The lowest BCUT2D eigenvalue weighted by molar-refractivity contribution is 0.118. The quantitative estimate of drug-likeness (QED) is 0.890. The van der Waals surface area contributed by atoms with Gasteiger partial charge < -0.3 is 19.9 Å². The Hall–Kier alpha value is -1.26. The van der Waals surface area contributed by atoms with Crippen LogP contribution in [-0.2, 0) is 4.74 Å². The van der Waals surface area contributed by atoms with Crippen molar-refractivity contribution in [2.75, 3.05) is 20.8 Å². The van der Waals surface area contributed by atoms with E-state index < -0.39 is 0 Å². The zero-order chi connectivity index (χ0) is 13.1. The number of hydrogen-bond donors (Lipinski definition) is 1. The van der Waals surface area contributed by atoms with Gasteiger partial charge in [-0.2, -0.15) is 0 Å². The minimum absolute atomic E-state index is 0.0594. The molecule has 4 nitrogen and oxygen atoms in total. The van der Waals surface area contributed by atoms with Crippen molar-refractivity contribution >= 4 is 0 Å². The highest BCUT2D eigenvalue weighted by molar-refractivity contribution is 5.42. The maximum atomic E-state index is 6.33. The Balaban J connectivity index is 2.21. The molecular formula is C14H21NO3. The average molecular weight is 251 g/mol. The summed E-state index contributed by atoms with van der Waals surface area (Å²) in [6, 6.07) is 5.70. The van der Waals surface area contributed by atoms with Gasteiger partial charge in [0.1, 0.15) is 11.5 Å². The molecule has 1 heterocycles. The van der Waals surface area contributed by atoms with Gasteiger partial charge in [-0.15, -0.1) is 0 Å². The van der Waals surface area contributed by atoms with Crippen molar-refractivity contribution in [3.8, 4) is 11.5 Å². The van der Waals surface area contributed by atoms with E-state index in [9.17, 15) is 0 Å². The van der Waals surface area contributed by atoms with Gasteiger partial charge in [-0.25, -0.2) is 0 Å². The molecule has 1 aliphatic rings. The van der Waals surface area contributed by atoms with Crippen molar-refractivity contribution in [1.82, 2.24) is 0 Å². The topological polar surface area (TPSA) is 53.7 Å². The molecule has 1 fully saturated rings. The zero-order valence-corrected chi connectivity index (χ0v) is 11.2. The Kier molecular flexibility index (Phi) is 4.09. The summed E-state index contributed by atoms with van der Waals surface area (Å²) >= 11 is 0. The first-order chi connectivity index (χ1) is 8.65. The lowest BCUT2D eigenvalue weighted by Gasteiger charge is -2.21. The molecular weight excluding hydrogens is 230 g/mol. The van der Waals surface area contributed by atoms with Crippen LogP contribution < -0.4 is 15.2 Å². The molecule has 2 rings (SSSR count). The molecule has 2 N–H and O–H groups in total. The third-order valence-electron chi connectivity index (χ3n) is 3.54. The third kappa shape index (κ3) is 2.60. The van der Waals surface area contributed by atoms with Crippen molar-refractivity contribution in [3.05, 3.63) is 23.8 Å². The SMILES string of the molecule is COc1ccc(C(N)C2COC(C)C2)c(OC)c1. The number of nitrogens with two attached hydrogens (primary N) is 1. The van der Waals surface area contributed by atoms with Crippen LogP contribution in [-0.4, -0.2) is 26.9 Å². The highest BCUT2D eigenvalue weighted by Crippen LogP contribution is 2.35. The van der Waals surface area contributed by atoms with E-state index in [1.807, 2.05) is 18.2 Å². The van der Waals surface area contributed by atoms with E-state index in [1.165, 1.54) is 0 Å². The molecule has 3 atom stereocenters. The Bertz CT molecular complexity index is 408. The zero-order valence-electron chi connectivity index (χ0n) is 11.2. The van der Waals surface area contributed by atoms with Crippen LogP contribution in [0.2, 0.25) is 0 Å². The van der Waals surface area contributed by atoms with Crippen molar-refractivity contribution in [3.63, 3.8) is 0 Å². The molecule has 0 aliphatic carbocycles. The van der Waals surface area contributed by atoms with E-state index in [1.54, 1.807) is 14.2 Å². The van der Waals surface area contributed by atoms with Gasteiger partial charge in [-0.1, -0.05) is 6.07 Å². The minimum atomic E-state index is -0.0594. The van der Waals surface area contributed by atoms with Crippen molar-refractivity contribution < 1.29 is 14.2 Å². The highest BCUT2D eigenvalue weighted by atomic mass is 16.5. The molecule has 0 spiro atoms. The van der Waals surface area contributed by atoms with E-state index in [0.717, 1.165) is 30.1 Å². The number of ether oxygens (including phenoxy) is 3. The van der Waals surface area contributed by atoms with Gasteiger partial charge in [-0.05, 0) is 19.4 Å². The van der Waals surface area contributed by atoms with E-state index in [0.29, 0.717) is 12.0 Å². The monoisotopic (exact) mass is 251 g/mol. The van der Waals surface area contributed by atoms with Crippen LogP contribution in [0, 0.1) is 5.92 Å². The summed E-state index contributed by atoms with van der Waals surface area (Å²) in [5.41, 5.74) is 7.34. The minimum Gasteiger partial charge on any atom is -0.497 e. The normalized spacial score (nSPS) is 24.9. The first-order valence-electron chi connectivity index (χ1n) is 6.24. The van der Waals surface area contributed by atoms with Gasteiger partial charge in [-0.3, -0.25) is 0 Å². The van der Waals surface area contributed by atoms with Gasteiger partial charge in [0.05, 0.1) is 26.9 Å². The second-order valence-electron chi connectivity index (χ2n) is 4.77. The molecule has 0 radical (unpaired) electrons. The van der Waals surface area contributed by atoms with Crippen molar-refractivity contribution in [2.45, 2.75) is 25.5 Å². The first-order valence-corrected chi connectivity index (χ1v) is 6.24. The summed E-state index contributed by atoms with van der Waals surface area (Å²) in [6.45, 7) is 2.80. The second kappa shape index (κ2) is 5.59. The van der Waals surface area contributed by atoms with E-state index in [4.69, 9.17) is 19.9 Å². The molecule has 4 heteroatoms. The maximum Gasteiger partial charge on any atom is 0.127 e. The van der Waals surface area contributed by atoms with Gasteiger partial charge in [0.15, 0.2) is 0 Å². The fraction of sp³-hybridized carbons (Fsp3) is 0.571. The molecule has 18 heavy (non-hydrogen) atoms. The molecule has 0 bridgehead atoms. The van der Waals surface area contributed by atoms with Crippen LogP contribution in [0.4, 0.5) is 0 Å². The van der Waals surface area contributed by atoms with E-state index >= 15 is 0 Å². The molecule has 1 saturated heterocycles. The summed E-state index contributed by atoms with van der Waals surface area (Å²) in [6.07, 6.45) is 1.29. The van der Waals surface area contributed by atoms with Gasteiger partial charge in [0.2, 0.25) is 0 Å². The van der Waals surface area contributed by atoms with Crippen LogP contribution in [0.25, 0.3) is 0 Å². The molecule has 1 aromatic rings. The number of benzene rings is 1. The summed E-state index contributed by atoms with van der Waals surface area (Å²) in [7, 11) is 3.29. The standard InChI is InChI=1S/C14H21NO3/c1-9-6-10(8-18-9)14(15)12-5-4-11(16-2)7-13(12)17-3/h4-5,7,9-10,14H,6,8,15H2,1-3H3. The predicted molar refractivity (Wildman–Crippen MR) is 70.0 cm³/mol. The lowest BCUT2D eigenvalue weighted by atomic mass is 9.91. The van der Waals surface area contributed by atoms with Crippen LogP contribution in [0.15, 0.2) is 18.2 Å². The van der Waals surface area contributed by atoms with Crippen molar-refractivity contribution in [2.24, 2.45) is 11.7 Å². The molecule has 100 valence electrons. The largest absolute Gasteiger partial charge is 0.497 e. The number of rotatable bonds is 4. The van der Waals surface area contributed by atoms with Crippen molar-refractivity contribution in [1.29, 1.82) is 0 Å². The third-order valence-corrected chi connectivity index (χ3v) is 3.54. The molecule has 3 unspecified atom stereocenters. The fourth-order valence-electron chi connectivity index (χ4n) is 2.45. The van der Waals surface area contributed by atoms with Crippen LogP contribution >= 0.6 is 0 Å². The molecule has 0 amide bonds. The Morgan fingerprint density at radius 1 is 1.33 bits per heavy atom. The molecule has 1 aliphatic heterocycles. The Morgan fingerprint density at radius 3 is 2.67 bits per heavy atom. The van der Waals surface area contributed by atoms with Gasteiger partial charge in [0, 0.05) is 23.6 Å². The van der Waals surface area contributed by atoms with Crippen LogP contribution in [0.3, 0.4) is 0 Å². The maximum absolute atomic E-state index is 6.33. The first kappa shape index (κ1) is 13.2. The Morgan fingerprint density at radius 2 is 2.11 bits per heavy atom.